The smallest absolute Gasteiger partial charge is 0.410 e. The number of hydrogen-bond donors (Lipinski definition) is 0. The number of carbonyl (C=O) groups is 2. The number of ether oxygens (including phenoxy) is 4. The summed E-state index contributed by atoms with van der Waals surface area (Å²) in [7, 11) is 0. The molecule has 2 saturated heterocycles. The average Bonchev–Trinajstić information content (AvgIpc) is 3.53. The van der Waals surface area contributed by atoms with Crippen LogP contribution in [-0.4, -0.2) is 97.6 Å². The average molecular weight is 619 g/mol. The fraction of sp³-hybridized carbons (Fsp3) is 0.710. The Bertz CT molecular complexity index is 1320. The molecule has 1 aliphatic carbocycles. The largest absolute Gasteiger partial charge is 0.444 e. The fourth-order valence-electron chi connectivity index (χ4n) is 6.30. The molecule has 12 heteroatoms. The number of piperidine rings is 1. The molecule has 2 amide bonds. The van der Waals surface area contributed by atoms with E-state index in [0.717, 1.165) is 24.1 Å². The van der Waals surface area contributed by atoms with E-state index < -0.39 is 17.0 Å². The van der Waals surface area contributed by atoms with Gasteiger partial charge in [-0.1, -0.05) is 11.6 Å². The first-order valence-corrected chi connectivity index (χ1v) is 15.5. The van der Waals surface area contributed by atoms with Crippen molar-refractivity contribution in [1.29, 1.82) is 0 Å². The van der Waals surface area contributed by atoms with Crippen LogP contribution < -0.4 is 0 Å². The molecule has 0 spiro atoms. The highest BCUT2D eigenvalue weighted by molar-refractivity contribution is 6.31. The van der Waals surface area contributed by atoms with Crippen LogP contribution in [0.4, 0.5) is 15.4 Å². The number of aromatic nitrogens is 2. The third kappa shape index (κ3) is 7.32. The quantitative estimate of drug-likeness (QED) is 0.316. The van der Waals surface area contributed by atoms with Crippen molar-refractivity contribution < 1.29 is 33.1 Å². The van der Waals surface area contributed by atoms with E-state index in [9.17, 15) is 9.59 Å². The summed E-state index contributed by atoms with van der Waals surface area (Å²) in [5.74, 6) is -0.0623. The second-order valence-electron chi connectivity index (χ2n) is 14.4. The predicted octanol–water partition coefficient (Wildman–Crippen LogP) is 5.62. The standard InChI is InChI=1S/C31H45ClN5O6/c1-29(2,3)42-27(38)35-12-9-10-19(15-35)16-36(28(39)43-30(4,5)6)17-20-14-22(24-23(20)40-31(7,8)41-24)37-13-11-21-25(32)33-18-34-26(21)37/h11,13,18-20,23-24H,9-10,12,14-17H2,1-8H3/q+1/b37-22-/t19-,20+,23+,24-/m0/s1. The van der Waals surface area contributed by atoms with E-state index in [1.807, 2.05) is 72.2 Å². The van der Waals surface area contributed by atoms with Gasteiger partial charge in [0.2, 0.25) is 6.33 Å². The van der Waals surface area contributed by atoms with Gasteiger partial charge < -0.3 is 28.7 Å². The summed E-state index contributed by atoms with van der Waals surface area (Å²) in [4.78, 5) is 38.6. The highest BCUT2D eigenvalue weighted by Crippen LogP contribution is 2.43. The van der Waals surface area contributed by atoms with Crippen molar-refractivity contribution in [3.63, 3.8) is 0 Å². The van der Waals surface area contributed by atoms with Crippen molar-refractivity contribution in [3.05, 3.63) is 23.2 Å². The molecule has 3 fully saturated rings. The molecule has 236 valence electrons. The van der Waals surface area contributed by atoms with Gasteiger partial charge in [-0.15, -0.1) is 0 Å². The lowest BCUT2D eigenvalue weighted by molar-refractivity contribution is -0.365. The van der Waals surface area contributed by atoms with Crippen LogP contribution >= 0.6 is 11.6 Å². The second kappa shape index (κ2) is 11.6. The highest BCUT2D eigenvalue weighted by Gasteiger charge is 2.55. The Morgan fingerprint density at radius 2 is 1.84 bits per heavy atom. The number of nitrogens with zero attached hydrogens (tertiary/aromatic N) is 5. The van der Waals surface area contributed by atoms with Gasteiger partial charge in [0.1, 0.15) is 33.7 Å². The van der Waals surface area contributed by atoms with Crippen molar-refractivity contribution in [1.82, 2.24) is 19.8 Å². The summed E-state index contributed by atoms with van der Waals surface area (Å²) < 4.78 is 26.4. The van der Waals surface area contributed by atoms with Gasteiger partial charge in [0.25, 0.3) is 0 Å². The van der Waals surface area contributed by atoms with Gasteiger partial charge in [0.05, 0.1) is 12.3 Å². The molecule has 0 N–H and O–H groups in total. The van der Waals surface area contributed by atoms with Crippen LogP contribution in [-0.2, 0) is 18.9 Å². The molecule has 11 nitrogen and oxygen atoms in total. The van der Waals surface area contributed by atoms with E-state index in [2.05, 4.69) is 9.97 Å². The zero-order chi connectivity index (χ0) is 31.3. The summed E-state index contributed by atoms with van der Waals surface area (Å²) in [6, 6.07) is 0. The molecule has 1 saturated carbocycles. The van der Waals surface area contributed by atoms with E-state index in [1.54, 1.807) is 9.80 Å². The van der Waals surface area contributed by atoms with Crippen molar-refractivity contribution in [3.8, 4) is 0 Å². The lowest BCUT2D eigenvalue weighted by atomic mass is 9.96. The van der Waals surface area contributed by atoms with E-state index in [1.165, 1.54) is 6.33 Å². The fourth-order valence-corrected chi connectivity index (χ4v) is 6.49. The van der Waals surface area contributed by atoms with E-state index in [0.29, 0.717) is 43.6 Å². The summed E-state index contributed by atoms with van der Waals surface area (Å²) in [5.41, 5.74) is 0.539. The Balaban J connectivity index is 1.39. The number of rotatable bonds is 4. The lowest BCUT2D eigenvalue weighted by Gasteiger charge is -2.37. The van der Waals surface area contributed by atoms with Gasteiger partial charge >= 0.3 is 18.0 Å². The number of amides is 2. The third-order valence-corrected chi connectivity index (χ3v) is 8.19. The van der Waals surface area contributed by atoms with Gasteiger partial charge in [-0.25, -0.2) is 14.2 Å². The number of hydrogen-bond acceptors (Lipinski definition) is 8. The molecule has 4 heterocycles. The maximum Gasteiger partial charge on any atom is 0.410 e. The van der Waals surface area contributed by atoms with Gasteiger partial charge in [-0.05, 0) is 85.2 Å². The Morgan fingerprint density at radius 3 is 2.53 bits per heavy atom. The molecule has 1 aromatic heterocycles. The summed E-state index contributed by atoms with van der Waals surface area (Å²) >= 11 is 6.35. The minimum absolute atomic E-state index is 0.0606. The molecular weight excluding hydrogens is 574 g/mol. The van der Waals surface area contributed by atoms with Gasteiger partial charge in [0, 0.05) is 38.5 Å². The summed E-state index contributed by atoms with van der Waals surface area (Å²) in [5, 5.41) is 0.392. The maximum absolute atomic E-state index is 13.6. The number of carbonyl (C=O) groups excluding carboxylic acids is 2. The maximum atomic E-state index is 13.6. The van der Waals surface area contributed by atoms with Crippen LogP contribution in [0, 0.1) is 11.8 Å². The van der Waals surface area contributed by atoms with Crippen molar-refractivity contribution in [2.75, 3.05) is 26.2 Å². The van der Waals surface area contributed by atoms with Crippen molar-refractivity contribution in [2.24, 2.45) is 11.8 Å². The molecule has 5 rings (SSSR count). The lowest BCUT2D eigenvalue weighted by Crippen LogP contribution is -2.48. The minimum atomic E-state index is -0.789. The molecule has 3 aliphatic heterocycles. The van der Waals surface area contributed by atoms with Crippen LogP contribution in [0.15, 0.2) is 12.5 Å². The monoisotopic (exact) mass is 618 g/mol. The molecule has 4 aliphatic rings. The van der Waals surface area contributed by atoms with Gasteiger partial charge in [-0.2, -0.15) is 4.98 Å². The Kier molecular flexibility index (Phi) is 8.56. The van der Waals surface area contributed by atoms with Crippen LogP contribution in [0.2, 0.25) is 5.15 Å². The van der Waals surface area contributed by atoms with Crippen LogP contribution in [0.5, 0.6) is 0 Å². The first-order chi connectivity index (χ1) is 20.0. The highest BCUT2D eigenvalue weighted by atomic mass is 35.5. The molecule has 0 aromatic carbocycles. The van der Waals surface area contributed by atoms with Crippen LogP contribution in [0.3, 0.4) is 0 Å². The Hall–Kier alpha value is -2.76. The summed E-state index contributed by atoms with van der Waals surface area (Å²) in [6.07, 6.45) is 6.38. The van der Waals surface area contributed by atoms with Crippen LogP contribution in [0.25, 0.3) is 6.08 Å². The van der Waals surface area contributed by atoms with E-state index in [4.69, 9.17) is 30.5 Å². The molecule has 43 heavy (non-hydrogen) atoms. The Morgan fingerprint density at radius 1 is 1.12 bits per heavy atom. The Labute approximate surface area is 259 Å². The van der Waals surface area contributed by atoms with E-state index >= 15 is 0 Å². The first kappa shape index (κ1) is 31.7. The molecule has 0 unspecified atom stereocenters. The predicted molar refractivity (Wildman–Crippen MR) is 161 cm³/mol. The SMILES string of the molecule is CC(C)(C)OC(=O)N1CCC[C@H](CN(C[C@H]2C/C(=[N+]3\C=Cc4c(Cl)ncnc43)[C@@H]3OC(C)(C)O[C@H]23)C(=O)OC(C)(C)C)C1. The van der Waals surface area contributed by atoms with E-state index in [-0.39, 0.29) is 36.2 Å². The second-order valence-corrected chi connectivity index (χ2v) is 14.7. The van der Waals surface area contributed by atoms with Gasteiger partial charge in [-0.3, -0.25) is 0 Å². The zero-order valence-corrected chi connectivity index (χ0v) is 27.3. The van der Waals surface area contributed by atoms with Crippen LogP contribution in [0.1, 0.15) is 80.2 Å². The number of fused-ring (bicyclic) bond motifs is 2. The molecule has 0 radical (unpaired) electrons. The topological polar surface area (TPSA) is 106 Å². The third-order valence-electron chi connectivity index (χ3n) is 7.89. The summed E-state index contributed by atoms with van der Waals surface area (Å²) in [6.45, 7) is 17.0. The molecule has 1 aromatic rings. The normalized spacial score (nSPS) is 28.1. The zero-order valence-electron chi connectivity index (χ0n) is 26.6. The first-order valence-electron chi connectivity index (χ1n) is 15.1. The number of halogens is 1. The molecule has 0 bridgehead atoms. The van der Waals surface area contributed by atoms with Crippen molar-refractivity contribution in [2.45, 2.75) is 104 Å². The molecular formula is C31H45ClN5O6+. The van der Waals surface area contributed by atoms with Crippen molar-refractivity contribution >= 4 is 41.4 Å². The number of likely N-dealkylation sites (tertiary alicyclic amines) is 1. The van der Waals surface area contributed by atoms with Gasteiger partial charge in [0.15, 0.2) is 5.79 Å². The minimum Gasteiger partial charge on any atom is -0.444 e. The molecule has 4 atom stereocenters.